The minimum Gasteiger partial charge on any atom is -0.377 e. The number of hydrazone groups is 1. The van der Waals surface area contributed by atoms with Crippen molar-refractivity contribution < 1.29 is 9.13 Å². The first kappa shape index (κ1) is 16.6. The molecule has 118 valence electrons. The van der Waals surface area contributed by atoms with Gasteiger partial charge >= 0.3 is 0 Å². The Morgan fingerprint density at radius 1 is 1.45 bits per heavy atom. The molecule has 22 heavy (non-hydrogen) atoms. The minimum atomic E-state index is -0.269. The third-order valence-electron chi connectivity index (χ3n) is 2.99. The Hall–Kier alpha value is -1.79. The summed E-state index contributed by atoms with van der Waals surface area (Å²) in [5.41, 5.74) is 5.45. The molecule has 0 bridgehead atoms. The van der Waals surface area contributed by atoms with E-state index in [0.29, 0.717) is 13.2 Å². The summed E-state index contributed by atoms with van der Waals surface area (Å²) in [6, 6.07) is 4.61. The molecule has 2 rings (SSSR count). The summed E-state index contributed by atoms with van der Waals surface area (Å²) >= 11 is 1.49. The van der Waals surface area contributed by atoms with E-state index in [0.717, 1.165) is 34.8 Å². The summed E-state index contributed by atoms with van der Waals surface area (Å²) in [4.78, 5) is 4.26. The molecule has 0 spiro atoms. The molecule has 0 amide bonds. The number of benzene rings is 1. The van der Waals surface area contributed by atoms with Gasteiger partial charge in [-0.05, 0) is 31.0 Å². The fourth-order valence-electron chi connectivity index (χ4n) is 1.82. The molecule has 1 aromatic carbocycles. The van der Waals surface area contributed by atoms with Gasteiger partial charge in [0.15, 0.2) is 0 Å². The Morgan fingerprint density at radius 2 is 2.32 bits per heavy atom. The second-order valence-corrected chi connectivity index (χ2v) is 5.77. The smallest absolute Gasteiger partial charge is 0.203 e. The van der Waals surface area contributed by atoms with Gasteiger partial charge in [-0.25, -0.2) is 9.37 Å². The van der Waals surface area contributed by atoms with Crippen molar-refractivity contribution in [2.24, 2.45) is 5.10 Å². The first-order valence-electron chi connectivity index (χ1n) is 7.26. The average Bonchev–Trinajstić information content (AvgIpc) is 2.91. The quantitative estimate of drug-likeness (QED) is 0.446. The molecule has 0 aliphatic carbocycles. The molecule has 0 saturated carbocycles. The van der Waals surface area contributed by atoms with Gasteiger partial charge in [0.05, 0.1) is 18.5 Å². The Balaban J connectivity index is 1.99. The lowest BCUT2D eigenvalue weighted by atomic mass is 10.1. The summed E-state index contributed by atoms with van der Waals surface area (Å²) in [5, 5.41) is 6.83. The van der Waals surface area contributed by atoms with Gasteiger partial charge in [0, 0.05) is 17.6 Å². The van der Waals surface area contributed by atoms with Crippen LogP contribution < -0.4 is 5.43 Å². The van der Waals surface area contributed by atoms with Crippen LogP contribution in [-0.2, 0) is 11.3 Å². The highest BCUT2D eigenvalue weighted by Gasteiger charge is 2.03. The molecule has 1 aromatic heterocycles. The molecular weight excluding hydrogens is 301 g/mol. The van der Waals surface area contributed by atoms with Crippen LogP contribution in [-0.4, -0.2) is 17.8 Å². The third kappa shape index (κ3) is 5.20. The largest absolute Gasteiger partial charge is 0.377 e. The summed E-state index contributed by atoms with van der Waals surface area (Å²) in [5.74, 6) is -0.269. The van der Waals surface area contributed by atoms with E-state index < -0.39 is 0 Å². The van der Waals surface area contributed by atoms with Crippen LogP contribution in [0, 0.1) is 12.7 Å². The molecule has 0 aliphatic heterocycles. The van der Waals surface area contributed by atoms with Crippen LogP contribution >= 0.6 is 11.3 Å². The van der Waals surface area contributed by atoms with Crippen LogP contribution in [0.3, 0.4) is 0 Å². The first-order chi connectivity index (χ1) is 10.7. The van der Waals surface area contributed by atoms with Crippen molar-refractivity contribution >= 4 is 22.7 Å². The van der Waals surface area contributed by atoms with Crippen molar-refractivity contribution in [3.05, 3.63) is 46.2 Å². The standard InChI is InChI=1S/C16H20FN3OS/c1-3-4-7-21-10-14-8-15(17)6-5-13(14)9-18-20-16-19-12(2)11-22-16/h5-6,8-9,11H,3-4,7,10H2,1-2H3,(H,19,20). The molecule has 2 aromatic rings. The zero-order valence-electron chi connectivity index (χ0n) is 12.8. The molecule has 1 N–H and O–H groups in total. The second-order valence-electron chi connectivity index (χ2n) is 4.91. The van der Waals surface area contributed by atoms with Crippen LogP contribution in [0.1, 0.15) is 36.6 Å². The number of aryl methyl sites for hydroxylation is 1. The average molecular weight is 321 g/mol. The molecule has 0 atom stereocenters. The first-order valence-corrected chi connectivity index (χ1v) is 8.14. The predicted molar refractivity (Wildman–Crippen MR) is 89.0 cm³/mol. The summed E-state index contributed by atoms with van der Waals surface area (Å²) < 4.78 is 19.0. The molecule has 0 radical (unpaired) electrons. The lowest BCUT2D eigenvalue weighted by Gasteiger charge is -2.07. The highest BCUT2D eigenvalue weighted by atomic mass is 32.1. The number of rotatable bonds is 8. The molecule has 0 fully saturated rings. The fraction of sp³-hybridized carbons (Fsp3) is 0.375. The van der Waals surface area contributed by atoms with Crippen molar-refractivity contribution in [3.8, 4) is 0 Å². The SMILES string of the molecule is CCCCOCc1cc(F)ccc1C=NNc1nc(C)cs1. The van der Waals surface area contributed by atoms with Crippen LogP contribution in [0.2, 0.25) is 0 Å². The normalized spacial score (nSPS) is 11.2. The molecule has 0 aliphatic rings. The maximum atomic E-state index is 13.4. The molecule has 0 unspecified atom stereocenters. The number of nitrogens with zero attached hydrogens (tertiary/aromatic N) is 2. The van der Waals surface area contributed by atoms with Crippen molar-refractivity contribution in [1.29, 1.82) is 0 Å². The van der Waals surface area contributed by atoms with Crippen LogP contribution in [0.25, 0.3) is 0 Å². The van der Waals surface area contributed by atoms with Gasteiger partial charge in [-0.2, -0.15) is 5.10 Å². The van der Waals surface area contributed by atoms with Gasteiger partial charge in [0.2, 0.25) is 5.13 Å². The summed E-state index contributed by atoms with van der Waals surface area (Å²) in [6.45, 7) is 5.10. The number of ether oxygens (including phenoxy) is 1. The van der Waals surface area contributed by atoms with Crippen LogP contribution in [0.15, 0.2) is 28.7 Å². The van der Waals surface area contributed by atoms with Crippen molar-refractivity contribution in [2.45, 2.75) is 33.3 Å². The predicted octanol–water partition coefficient (Wildman–Crippen LogP) is 4.35. The maximum Gasteiger partial charge on any atom is 0.203 e. The highest BCUT2D eigenvalue weighted by Crippen LogP contribution is 2.15. The number of halogens is 1. The third-order valence-corrected chi connectivity index (χ3v) is 3.85. The Kier molecular flexibility index (Phi) is 6.48. The molecule has 4 nitrogen and oxygen atoms in total. The van der Waals surface area contributed by atoms with Crippen LogP contribution in [0.4, 0.5) is 9.52 Å². The van der Waals surface area contributed by atoms with Gasteiger partial charge in [-0.15, -0.1) is 11.3 Å². The van der Waals surface area contributed by atoms with Gasteiger partial charge in [-0.3, -0.25) is 5.43 Å². The Bertz CT molecular complexity index is 628. The summed E-state index contributed by atoms with van der Waals surface area (Å²) in [7, 11) is 0. The Morgan fingerprint density at radius 3 is 3.05 bits per heavy atom. The molecule has 6 heteroatoms. The van der Waals surface area contributed by atoms with E-state index in [-0.39, 0.29) is 5.82 Å². The number of hydrogen-bond donors (Lipinski definition) is 1. The summed E-state index contributed by atoms with van der Waals surface area (Å²) in [6.07, 6.45) is 3.74. The van der Waals surface area contributed by atoms with E-state index >= 15 is 0 Å². The monoisotopic (exact) mass is 321 g/mol. The minimum absolute atomic E-state index is 0.269. The van der Waals surface area contributed by atoms with Gasteiger partial charge in [0.25, 0.3) is 0 Å². The van der Waals surface area contributed by atoms with Gasteiger partial charge in [0.1, 0.15) is 5.82 Å². The number of aromatic nitrogens is 1. The van der Waals surface area contributed by atoms with Gasteiger partial charge in [-0.1, -0.05) is 19.4 Å². The van der Waals surface area contributed by atoms with E-state index in [4.69, 9.17) is 4.74 Å². The zero-order valence-corrected chi connectivity index (χ0v) is 13.6. The zero-order chi connectivity index (χ0) is 15.8. The van der Waals surface area contributed by atoms with E-state index in [1.807, 2.05) is 12.3 Å². The van der Waals surface area contributed by atoms with Crippen molar-refractivity contribution in [3.63, 3.8) is 0 Å². The lowest BCUT2D eigenvalue weighted by molar-refractivity contribution is 0.118. The molecular formula is C16H20FN3OS. The molecule has 1 heterocycles. The van der Waals surface area contributed by atoms with Crippen LogP contribution in [0.5, 0.6) is 0 Å². The van der Waals surface area contributed by atoms with E-state index in [1.54, 1.807) is 12.3 Å². The van der Waals surface area contributed by atoms with Crippen molar-refractivity contribution in [2.75, 3.05) is 12.0 Å². The van der Waals surface area contributed by atoms with E-state index in [2.05, 4.69) is 22.4 Å². The highest BCUT2D eigenvalue weighted by molar-refractivity contribution is 7.13. The van der Waals surface area contributed by atoms with Crippen molar-refractivity contribution in [1.82, 2.24) is 4.98 Å². The second kappa shape index (κ2) is 8.60. The number of hydrogen-bond acceptors (Lipinski definition) is 5. The number of unbranched alkanes of at least 4 members (excludes halogenated alkanes) is 1. The van der Waals surface area contributed by atoms with E-state index in [9.17, 15) is 4.39 Å². The number of anilines is 1. The fourth-order valence-corrected chi connectivity index (χ4v) is 2.45. The maximum absolute atomic E-state index is 13.4. The lowest BCUT2D eigenvalue weighted by Crippen LogP contribution is -2.01. The van der Waals surface area contributed by atoms with E-state index in [1.165, 1.54) is 23.5 Å². The number of nitrogens with one attached hydrogen (secondary N) is 1. The van der Waals surface area contributed by atoms with Gasteiger partial charge < -0.3 is 4.74 Å². The number of thiazole rings is 1. The molecule has 0 saturated heterocycles. The Labute approximate surface area is 134 Å². The topological polar surface area (TPSA) is 46.5 Å².